The Bertz CT molecular complexity index is 873. The topological polar surface area (TPSA) is 133 Å². The van der Waals surface area contributed by atoms with Crippen LogP contribution in [0.4, 0.5) is 15.4 Å². The van der Waals surface area contributed by atoms with E-state index >= 15 is 0 Å². The fraction of sp³-hybridized carbons (Fsp3) is 0.333. The SMILES string of the molecule is Cc1cc(-c2cncc(N(C(N)=O)C3CCCN(C(=O)O)C3)n2)ccc1O. The molecule has 1 aromatic heterocycles. The number of hydrogen-bond donors (Lipinski definition) is 3. The van der Waals surface area contributed by atoms with Crippen molar-refractivity contribution in [3.63, 3.8) is 0 Å². The Morgan fingerprint density at radius 2 is 2.11 bits per heavy atom. The molecule has 1 fully saturated rings. The van der Waals surface area contributed by atoms with Crippen LogP contribution in [0.25, 0.3) is 11.3 Å². The number of nitrogens with two attached hydrogens (primary N) is 1. The van der Waals surface area contributed by atoms with E-state index in [2.05, 4.69) is 9.97 Å². The summed E-state index contributed by atoms with van der Waals surface area (Å²) in [6.07, 6.45) is 3.21. The fourth-order valence-corrected chi connectivity index (χ4v) is 3.24. The van der Waals surface area contributed by atoms with E-state index in [1.165, 1.54) is 16.0 Å². The van der Waals surface area contributed by atoms with Crippen molar-refractivity contribution in [3.05, 3.63) is 36.2 Å². The number of carbonyl (C=O) groups excluding carboxylic acids is 1. The number of phenolic OH excluding ortho intramolecular Hbond substituents is 1. The van der Waals surface area contributed by atoms with Gasteiger partial charge in [-0.15, -0.1) is 0 Å². The van der Waals surface area contributed by atoms with Crippen LogP contribution in [0, 0.1) is 6.92 Å². The lowest BCUT2D eigenvalue weighted by Crippen LogP contribution is -2.53. The Balaban J connectivity index is 1.93. The molecule has 2 aromatic rings. The van der Waals surface area contributed by atoms with Crippen LogP contribution in [0.3, 0.4) is 0 Å². The van der Waals surface area contributed by atoms with Gasteiger partial charge in [-0.1, -0.05) is 0 Å². The molecular weight excluding hydrogens is 350 g/mol. The van der Waals surface area contributed by atoms with Gasteiger partial charge in [0.15, 0.2) is 5.82 Å². The number of benzene rings is 1. The van der Waals surface area contributed by atoms with Gasteiger partial charge >= 0.3 is 12.1 Å². The number of piperidine rings is 1. The summed E-state index contributed by atoms with van der Waals surface area (Å²) in [5, 5.41) is 18.9. The molecule has 1 aliphatic rings. The third kappa shape index (κ3) is 3.91. The van der Waals surface area contributed by atoms with Crippen LogP contribution in [-0.2, 0) is 0 Å². The lowest BCUT2D eigenvalue weighted by molar-refractivity contribution is 0.130. The number of aromatic nitrogens is 2. The molecular formula is C18H21N5O4. The lowest BCUT2D eigenvalue weighted by atomic mass is 10.0. The molecule has 0 bridgehead atoms. The molecule has 1 unspecified atom stereocenters. The van der Waals surface area contributed by atoms with Gasteiger partial charge in [0.1, 0.15) is 5.75 Å². The van der Waals surface area contributed by atoms with Crippen molar-refractivity contribution in [2.75, 3.05) is 18.0 Å². The number of carbonyl (C=O) groups is 2. The predicted molar refractivity (Wildman–Crippen MR) is 98.6 cm³/mol. The van der Waals surface area contributed by atoms with E-state index in [0.29, 0.717) is 30.6 Å². The molecule has 0 saturated carbocycles. The van der Waals surface area contributed by atoms with Crippen LogP contribution in [0.15, 0.2) is 30.6 Å². The van der Waals surface area contributed by atoms with E-state index < -0.39 is 18.2 Å². The van der Waals surface area contributed by atoms with Gasteiger partial charge < -0.3 is 20.8 Å². The van der Waals surface area contributed by atoms with Gasteiger partial charge in [0.2, 0.25) is 0 Å². The number of aryl methyl sites for hydroxylation is 1. The summed E-state index contributed by atoms with van der Waals surface area (Å²) in [6.45, 7) is 2.37. The van der Waals surface area contributed by atoms with Gasteiger partial charge in [-0.25, -0.2) is 14.6 Å². The number of amides is 3. The van der Waals surface area contributed by atoms with Crippen LogP contribution in [0.1, 0.15) is 18.4 Å². The second-order valence-corrected chi connectivity index (χ2v) is 6.50. The number of anilines is 1. The van der Waals surface area contributed by atoms with E-state index in [1.807, 2.05) is 0 Å². The number of rotatable bonds is 3. The Morgan fingerprint density at radius 1 is 1.33 bits per heavy atom. The molecule has 4 N–H and O–H groups in total. The van der Waals surface area contributed by atoms with E-state index in [9.17, 15) is 19.8 Å². The Hall–Kier alpha value is -3.36. The average Bonchev–Trinajstić information content (AvgIpc) is 2.64. The minimum atomic E-state index is -1.02. The summed E-state index contributed by atoms with van der Waals surface area (Å²) in [6, 6.07) is 3.93. The molecule has 0 aliphatic carbocycles. The van der Waals surface area contributed by atoms with Crippen molar-refractivity contribution in [3.8, 4) is 17.0 Å². The first kappa shape index (κ1) is 18.4. The molecule has 1 aliphatic heterocycles. The third-order valence-electron chi connectivity index (χ3n) is 4.63. The summed E-state index contributed by atoms with van der Waals surface area (Å²) >= 11 is 0. The van der Waals surface area contributed by atoms with Crippen molar-refractivity contribution in [1.29, 1.82) is 0 Å². The summed E-state index contributed by atoms with van der Waals surface area (Å²) < 4.78 is 0. The molecule has 1 atom stereocenters. The van der Waals surface area contributed by atoms with Crippen molar-refractivity contribution in [2.24, 2.45) is 5.73 Å². The zero-order chi connectivity index (χ0) is 19.6. The highest BCUT2D eigenvalue weighted by atomic mass is 16.4. The number of primary amides is 1. The average molecular weight is 371 g/mol. The quantitative estimate of drug-likeness (QED) is 0.757. The van der Waals surface area contributed by atoms with Gasteiger partial charge in [0, 0.05) is 18.7 Å². The zero-order valence-corrected chi connectivity index (χ0v) is 14.9. The molecule has 3 rings (SSSR count). The third-order valence-corrected chi connectivity index (χ3v) is 4.63. The first-order valence-corrected chi connectivity index (χ1v) is 8.55. The van der Waals surface area contributed by atoms with Gasteiger partial charge in [-0.3, -0.25) is 9.88 Å². The van der Waals surface area contributed by atoms with Crippen molar-refractivity contribution < 1.29 is 19.8 Å². The highest BCUT2D eigenvalue weighted by Gasteiger charge is 2.31. The van der Waals surface area contributed by atoms with Gasteiger partial charge in [-0.05, 0) is 43.5 Å². The predicted octanol–water partition coefficient (Wildman–Crippen LogP) is 2.19. The van der Waals surface area contributed by atoms with E-state index in [0.717, 1.165) is 5.56 Å². The molecule has 3 amide bonds. The van der Waals surface area contributed by atoms with Crippen LogP contribution in [-0.4, -0.2) is 56.3 Å². The molecule has 1 saturated heterocycles. The lowest BCUT2D eigenvalue weighted by Gasteiger charge is -2.36. The number of aromatic hydroxyl groups is 1. The summed E-state index contributed by atoms with van der Waals surface area (Å²) in [5.74, 6) is 0.445. The molecule has 0 radical (unpaired) electrons. The van der Waals surface area contributed by atoms with E-state index in [4.69, 9.17) is 5.73 Å². The Morgan fingerprint density at radius 3 is 2.78 bits per heavy atom. The smallest absolute Gasteiger partial charge is 0.407 e. The number of nitrogens with zero attached hydrogens (tertiary/aromatic N) is 4. The number of likely N-dealkylation sites (tertiary alicyclic amines) is 1. The second-order valence-electron chi connectivity index (χ2n) is 6.50. The molecule has 1 aromatic carbocycles. The molecule has 0 spiro atoms. The van der Waals surface area contributed by atoms with Crippen molar-refractivity contribution >= 4 is 17.9 Å². The highest BCUT2D eigenvalue weighted by molar-refractivity contribution is 5.90. The number of urea groups is 1. The Labute approximate surface area is 156 Å². The minimum absolute atomic E-state index is 0.169. The number of hydrogen-bond acceptors (Lipinski definition) is 5. The zero-order valence-electron chi connectivity index (χ0n) is 14.9. The Kier molecular flexibility index (Phi) is 5.11. The maximum Gasteiger partial charge on any atom is 0.407 e. The minimum Gasteiger partial charge on any atom is -0.508 e. The first-order valence-electron chi connectivity index (χ1n) is 8.55. The van der Waals surface area contributed by atoms with E-state index in [-0.39, 0.29) is 18.1 Å². The molecule has 2 heterocycles. The molecule has 9 heteroatoms. The largest absolute Gasteiger partial charge is 0.508 e. The van der Waals surface area contributed by atoms with Gasteiger partial charge in [0.25, 0.3) is 0 Å². The summed E-state index contributed by atoms with van der Waals surface area (Å²) in [5.41, 5.74) is 7.52. The highest BCUT2D eigenvalue weighted by Crippen LogP contribution is 2.27. The standard InChI is InChI=1S/C18H21N5O4/c1-11-7-12(4-5-15(11)24)14-8-20-9-16(21-14)23(17(19)25)13-3-2-6-22(10-13)18(26)27/h4-5,7-9,13,24H,2-3,6,10H2,1H3,(H2,19,25)(H,26,27). The van der Waals surface area contributed by atoms with E-state index in [1.54, 1.807) is 31.3 Å². The maximum absolute atomic E-state index is 12.1. The maximum atomic E-state index is 12.1. The molecule has 27 heavy (non-hydrogen) atoms. The fourth-order valence-electron chi connectivity index (χ4n) is 3.24. The van der Waals surface area contributed by atoms with Gasteiger partial charge in [0.05, 0.1) is 24.1 Å². The summed E-state index contributed by atoms with van der Waals surface area (Å²) in [4.78, 5) is 34.6. The van der Waals surface area contributed by atoms with Crippen LogP contribution in [0.2, 0.25) is 0 Å². The molecule has 9 nitrogen and oxygen atoms in total. The summed E-state index contributed by atoms with van der Waals surface area (Å²) in [7, 11) is 0. The monoisotopic (exact) mass is 371 g/mol. The van der Waals surface area contributed by atoms with Crippen LogP contribution in [0.5, 0.6) is 5.75 Å². The normalized spacial score (nSPS) is 16.8. The van der Waals surface area contributed by atoms with Crippen molar-refractivity contribution in [1.82, 2.24) is 14.9 Å². The van der Waals surface area contributed by atoms with Crippen LogP contribution >= 0.6 is 0 Å². The first-order chi connectivity index (χ1) is 12.9. The van der Waals surface area contributed by atoms with Crippen LogP contribution < -0.4 is 10.6 Å². The van der Waals surface area contributed by atoms with Crippen molar-refractivity contribution in [2.45, 2.75) is 25.8 Å². The van der Waals surface area contributed by atoms with Gasteiger partial charge in [-0.2, -0.15) is 0 Å². The number of phenols is 1. The molecule has 142 valence electrons. The second kappa shape index (κ2) is 7.48. The number of carboxylic acid groups (broad SMARTS) is 1.